The average molecular weight is 191 g/mol. The average Bonchev–Trinajstić information content (AvgIpc) is 2.62. The van der Waals surface area contributed by atoms with Crippen LogP contribution in [0.2, 0.25) is 0 Å². The lowest BCUT2D eigenvalue weighted by Crippen LogP contribution is -2.07. The molecule has 74 valence electrons. The first kappa shape index (κ1) is 8.96. The summed E-state index contributed by atoms with van der Waals surface area (Å²) in [5.74, 6) is 5.38. The van der Waals surface area contributed by atoms with Crippen LogP contribution < -0.4 is 11.3 Å². The van der Waals surface area contributed by atoms with Gasteiger partial charge in [-0.15, -0.1) is 0 Å². The molecule has 2 aromatic heterocycles. The van der Waals surface area contributed by atoms with Gasteiger partial charge in [-0.1, -0.05) is 6.92 Å². The van der Waals surface area contributed by atoms with E-state index in [1.807, 2.05) is 10.7 Å². The molecule has 0 aliphatic rings. The van der Waals surface area contributed by atoms with Crippen molar-refractivity contribution in [3.05, 3.63) is 18.5 Å². The van der Waals surface area contributed by atoms with E-state index >= 15 is 0 Å². The van der Waals surface area contributed by atoms with E-state index in [9.17, 15) is 0 Å². The molecule has 3 N–H and O–H groups in total. The number of aryl methyl sites for hydroxylation is 1. The van der Waals surface area contributed by atoms with Crippen LogP contribution in [0.5, 0.6) is 0 Å². The monoisotopic (exact) mass is 191 g/mol. The molecule has 0 saturated heterocycles. The zero-order valence-corrected chi connectivity index (χ0v) is 8.07. The van der Waals surface area contributed by atoms with Crippen molar-refractivity contribution in [2.75, 3.05) is 5.43 Å². The van der Waals surface area contributed by atoms with Gasteiger partial charge in [0.1, 0.15) is 0 Å². The Labute approximate surface area is 81.9 Å². The minimum Gasteiger partial charge on any atom is -0.323 e. The molecule has 5 nitrogen and oxygen atoms in total. The third-order valence-electron chi connectivity index (χ3n) is 2.13. The Balaban J connectivity index is 2.57. The van der Waals surface area contributed by atoms with Crippen LogP contribution >= 0.6 is 0 Å². The number of nitrogens with two attached hydrogens (primary N) is 1. The van der Waals surface area contributed by atoms with Crippen LogP contribution in [0, 0.1) is 0 Å². The number of aromatic nitrogens is 3. The summed E-state index contributed by atoms with van der Waals surface area (Å²) in [7, 11) is 0. The number of nitrogens with one attached hydrogen (secondary N) is 1. The maximum Gasteiger partial charge on any atom is 0.159 e. The highest BCUT2D eigenvalue weighted by atomic mass is 15.3. The predicted molar refractivity (Wildman–Crippen MR) is 55.6 cm³/mol. The van der Waals surface area contributed by atoms with E-state index in [0.717, 1.165) is 29.7 Å². The third-order valence-corrected chi connectivity index (χ3v) is 2.13. The highest BCUT2D eigenvalue weighted by Crippen LogP contribution is 2.19. The first-order chi connectivity index (χ1) is 6.86. The van der Waals surface area contributed by atoms with Gasteiger partial charge < -0.3 is 5.43 Å². The van der Waals surface area contributed by atoms with Gasteiger partial charge >= 0.3 is 0 Å². The summed E-state index contributed by atoms with van der Waals surface area (Å²) >= 11 is 0. The molecule has 0 atom stereocenters. The van der Waals surface area contributed by atoms with E-state index in [0.29, 0.717) is 0 Å². The molecule has 2 heterocycles. The van der Waals surface area contributed by atoms with Gasteiger partial charge in [-0.3, -0.25) is 5.84 Å². The highest BCUT2D eigenvalue weighted by Gasteiger charge is 2.05. The summed E-state index contributed by atoms with van der Waals surface area (Å²) in [5.41, 5.74) is 4.37. The maximum atomic E-state index is 5.38. The summed E-state index contributed by atoms with van der Waals surface area (Å²) in [6.07, 6.45) is 4.55. The zero-order valence-electron chi connectivity index (χ0n) is 8.07. The second kappa shape index (κ2) is 3.63. The Kier molecular flexibility index (Phi) is 2.32. The van der Waals surface area contributed by atoms with Gasteiger partial charge in [-0.25, -0.2) is 9.67 Å². The zero-order chi connectivity index (χ0) is 9.97. The summed E-state index contributed by atoms with van der Waals surface area (Å²) in [5, 5.41) is 5.21. The fourth-order valence-electron chi connectivity index (χ4n) is 1.48. The number of fused-ring (bicyclic) bond motifs is 1. The SMILES string of the molecule is CCCn1ncc2c(NN)ccnc21. The molecule has 0 aliphatic carbocycles. The number of hydrogen-bond donors (Lipinski definition) is 2. The normalized spacial score (nSPS) is 10.7. The molecule has 0 fully saturated rings. The molecule has 0 saturated carbocycles. The first-order valence-corrected chi connectivity index (χ1v) is 4.64. The number of hydrazine groups is 1. The van der Waals surface area contributed by atoms with E-state index in [1.54, 1.807) is 12.4 Å². The topological polar surface area (TPSA) is 68.8 Å². The fourth-order valence-corrected chi connectivity index (χ4v) is 1.48. The van der Waals surface area contributed by atoms with Crippen LogP contribution in [-0.2, 0) is 6.54 Å². The van der Waals surface area contributed by atoms with Gasteiger partial charge in [0.15, 0.2) is 5.65 Å². The number of rotatable bonds is 3. The molecule has 14 heavy (non-hydrogen) atoms. The van der Waals surface area contributed by atoms with E-state index in [4.69, 9.17) is 5.84 Å². The lowest BCUT2D eigenvalue weighted by atomic mass is 10.3. The van der Waals surface area contributed by atoms with Crippen molar-refractivity contribution in [1.82, 2.24) is 14.8 Å². The van der Waals surface area contributed by atoms with Crippen LogP contribution in [0.25, 0.3) is 11.0 Å². The van der Waals surface area contributed by atoms with Gasteiger partial charge in [0.2, 0.25) is 0 Å². The number of hydrogen-bond acceptors (Lipinski definition) is 4. The van der Waals surface area contributed by atoms with Gasteiger partial charge in [0.25, 0.3) is 0 Å². The molecule has 0 spiro atoms. The summed E-state index contributed by atoms with van der Waals surface area (Å²) < 4.78 is 1.89. The second-order valence-corrected chi connectivity index (χ2v) is 3.11. The van der Waals surface area contributed by atoms with Crippen LogP contribution in [0.15, 0.2) is 18.5 Å². The van der Waals surface area contributed by atoms with E-state index < -0.39 is 0 Å². The molecule has 0 bridgehead atoms. The van der Waals surface area contributed by atoms with Crippen molar-refractivity contribution in [3.8, 4) is 0 Å². The molecule has 2 rings (SSSR count). The van der Waals surface area contributed by atoms with Crippen molar-refractivity contribution < 1.29 is 0 Å². The molecule has 0 aliphatic heterocycles. The number of nitrogen functional groups attached to an aromatic ring is 1. The van der Waals surface area contributed by atoms with Crippen LogP contribution in [0.4, 0.5) is 5.69 Å². The maximum absolute atomic E-state index is 5.38. The Hall–Kier alpha value is -1.62. The van der Waals surface area contributed by atoms with Crippen molar-refractivity contribution in [2.45, 2.75) is 19.9 Å². The fraction of sp³-hybridized carbons (Fsp3) is 0.333. The molecule has 0 aromatic carbocycles. The third kappa shape index (κ3) is 1.31. The van der Waals surface area contributed by atoms with Crippen molar-refractivity contribution in [3.63, 3.8) is 0 Å². The molecular weight excluding hydrogens is 178 g/mol. The molecule has 0 unspecified atom stereocenters. The largest absolute Gasteiger partial charge is 0.323 e. The molecule has 2 aromatic rings. The summed E-state index contributed by atoms with van der Waals surface area (Å²) in [6.45, 7) is 2.99. The second-order valence-electron chi connectivity index (χ2n) is 3.11. The smallest absolute Gasteiger partial charge is 0.159 e. The Morgan fingerprint density at radius 2 is 2.43 bits per heavy atom. The lowest BCUT2D eigenvalue weighted by molar-refractivity contribution is 0.617. The Morgan fingerprint density at radius 3 is 3.14 bits per heavy atom. The first-order valence-electron chi connectivity index (χ1n) is 4.64. The minimum atomic E-state index is 0.859. The molecular formula is C9H13N5. The van der Waals surface area contributed by atoms with Crippen LogP contribution in [0.3, 0.4) is 0 Å². The molecule has 0 amide bonds. The van der Waals surface area contributed by atoms with Gasteiger partial charge in [0, 0.05) is 12.7 Å². The lowest BCUT2D eigenvalue weighted by Gasteiger charge is -2.02. The minimum absolute atomic E-state index is 0.859. The number of nitrogens with zero attached hydrogens (tertiary/aromatic N) is 3. The van der Waals surface area contributed by atoms with Gasteiger partial charge in [-0.05, 0) is 12.5 Å². The summed E-state index contributed by atoms with van der Waals surface area (Å²) in [4.78, 5) is 4.27. The Bertz CT molecular complexity index is 434. The highest BCUT2D eigenvalue weighted by molar-refractivity contribution is 5.88. The van der Waals surface area contributed by atoms with E-state index in [-0.39, 0.29) is 0 Å². The summed E-state index contributed by atoms with van der Waals surface area (Å²) in [6, 6.07) is 1.83. The Morgan fingerprint density at radius 1 is 1.57 bits per heavy atom. The molecule has 5 heteroatoms. The van der Waals surface area contributed by atoms with Crippen LogP contribution in [-0.4, -0.2) is 14.8 Å². The molecule has 0 radical (unpaired) electrons. The van der Waals surface area contributed by atoms with E-state index in [1.165, 1.54) is 0 Å². The standard InChI is InChI=1S/C9H13N5/c1-2-5-14-9-7(6-12-14)8(13-10)3-4-11-9/h3-4,6H,2,5,10H2,1H3,(H,11,13). The quantitative estimate of drug-likeness (QED) is 0.563. The predicted octanol–water partition coefficient (Wildman–Crippen LogP) is 1.13. The van der Waals surface area contributed by atoms with Gasteiger partial charge in [-0.2, -0.15) is 5.10 Å². The van der Waals surface area contributed by atoms with Crippen molar-refractivity contribution >= 4 is 16.7 Å². The van der Waals surface area contributed by atoms with Crippen molar-refractivity contribution in [1.29, 1.82) is 0 Å². The van der Waals surface area contributed by atoms with Gasteiger partial charge in [0.05, 0.1) is 17.3 Å². The number of anilines is 1. The number of pyridine rings is 1. The van der Waals surface area contributed by atoms with Crippen molar-refractivity contribution in [2.24, 2.45) is 5.84 Å². The van der Waals surface area contributed by atoms with Crippen LogP contribution in [0.1, 0.15) is 13.3 Å². The van der Waals surface area contributed by atoms with E-state index in [2.05, 4.69) is 22.4 Å².